The first-order valence-electron chi connectivity index (χ1n) is 7.60. The fourth-order valence-corrected chi connectivity index (χ4v) is 2.16. The highest BCUT2D eigenvalue weighted by atomic mass is 16.6. The summed E-state index contributed by atoms with van der Waals surface area (Å²) in [6, 6.07) is 5.71. The fourth-order valence-electron chi connectivity index (χ4n) is 2.16. The molecule has 0 bridgehead atoms. The smallest absolute Gasteiger partial charge is 0.288 e. The zero-order valence-corrected chi connectivity index (χ0v) is 13.8. The number of aliphatic hydroxyl groups is 1. The summed E-state index contributed by atoms with van der Waals surface area (Å²) in [7, 11) is 0. The third kappa shape index (κ3) is 3.94. The standard InChI is InChI=1S/C14H14N8O5/c15-12(24)13-16-14(21(18-13)8-27-6-5-23)11-7-20(19-17-11)9-1-3-10(4-2-9)22(25)26/h1-4,7,23H,5-6,8H2,(H2,15,24). The average molecular weight is 374 g/mol. The van der Waals surface area contributed by atoms with Gasteiger partial charge in [-0.25, -0.2) is 14.3 Å². The Morgan fingerprint density at radius 2 is 2.07 bits per heavy atom. The lowest BCUT2D eigenvalue weighted by Crippen LogP contribution is -2.14. The molecular weight excluding hydrogens is 360 g/mol. The maximum absolute atomic E-state index is 11.3. The van der Waals surface area contributed by atoms with E-state index in [1.165, 1.54) is 39.8 Å². The van der Waals surface area contributed by atoms with E-state index in [0.29, 0.717) is 5.69 Å². The molecule has 2 heterocycles. The number of nitrogens with zero attached hydrogens (tertiary/aromatic N) is 7. The minimum atomic E-state index is -0.820. The van der Waals surface area contributed by atoms with Crippen LogP contribution in [0.2, 0.25) is 0 Å². The predicted octanol–water partition coefficient (Wildman–Crippen LogP) is -0.501. The number of nitro groups is 1. The van der Waals surface area contributed by atoms with Crippen LogP contribution in [-0.4, -0.2) is 58.9 Å². The van der Waals surface area contributed by atoms with E-state index in [0.717, 1.165) is 0 Å². The van der Waals surface area contributed by atoms with Crippen LogP contribution >= 0.6 is 0 Å². The predicted molar refractivity (Wildman–Crippen MR) is 88.6 cm³/mol. The van der Waals surface area contributed by atoms with E-state index in [1.807, 2.05) is 0 Å². The summed E-state index contributed by atoms with van der Waals surface area (Å²) in [6.07, 6.45) is 1.51. The second-order valence-corrected chi connectivity index (χ2v) is 5.21. The van der Waals surface area contributed by atoms with Crippen LogP contribution in [0, 0.1) is 10.1 Å². The lowest BCUT2D eigenvalue weighted by Gasteiger charge is -2.03. The highest BCUT2D eigenvalue weighted by Gasteiger charge is 2.18. The van der Waals surface area contributed by atoms with Crippen molar-refractivity contribution in [3.8, 4) is 17.2 Å². The number of amides is 1. The van der Waals surface area contributed by atoms with Crippen LogP contribution in [0.1, 0.15) is 10.6 Å². The molecule has 1 amide bonds. The number of nitrogens with two attached hydrogens (primary N) is 1. The Balaban J connectivity index is 1.90. The van der Waals surface area contributed by atoms with Gasteiger partial charge in [0.15, 0.2) is 11.5 Å². The van der Waals surface area contributed by atoms with Crippen LogP contribution in [0.25, 0.3) is 17.2 Å². The number of ether oxygens (including phenoxy) is 1. The van der Waals surface area contributed by atoms with E-state index in [1.54, 1.807) is 0 Å². The Hall–Kier alpha value is -3.71. The average Bonchev–Trinajstić information content (AvgIpc) is 3.29. The second kappa shape index (κ2) is 7.67. The number of aliphatic hydroxyl groups excluding tert-OH is 1. The normalized spacial score (nSPS) is 10.9. The zero-order chi connectivity index (χ0) is 19.4. The summed E-state index contributed by atoms with van der Waals surface area (Å²) >= 11 is 0. The van der Waals surface area contributed by atoms with E-state index in [2.05, 4.69) is 20.4 Å². The molecule has 0 radical (unpaired) electrons. The maximum atomic E-state index is 11.3. The summed E-state index contributed by atoms with van der Waals surface area (Å²) in [6.45, 7) is -0.190. The molecule has 0 saturated carbocycles. The van der Waals surface area contributed by atoms with Crippen LogP contribution in [0.15, 0.2) is 30.5 Å². The van der Waals surface area contributed by atoms with Crippen molar-refractivity contribution in [2.75, 3.05) is 13.2 Å². The molecule has 0 saturated heterocycles. The van der Waals surface area contributed by atoms with Crippen LogP contribution < -0.4 is 5.73 Å². The Labute approximate surface area is 151 Å². The molecule has 0 unspecified atom stereocenters. The number of primary amides is 1. The van der Waals surface area contributed by atoms with E-state index in [9.17, 15) is 14.9 Å². The third-order valence-corrected chi connectivity index (χ3v) is 3.39. The molecule has 0 atom stereocenters. The van der Waals surface area contributed by atoms with Crippen molar-refractivity contribution < 1.29 is 19.6 Å². The van der Waals surface area contributed by atoms with Gasteiger partial charge in [0.25, 0.3) is 11.6 Å². The molecule has 13 nitrogen and oxygen atoms in total. The second-order valence-electron chi connectivity index (χ2n) is 5.21. The first kappa shape index (κ1) is 18.1. The van der Waals surface area contributed by atoms with E-state index in [4.69, 9.17) is 15.6 Å². The number of carbonyl (C=O) groups is 1. The van der Waals surface area contributed by atoms with Crippen molar-refractivity contribution in [3.05, 3.63) is 46.4 Å². The molecule has 27 heavy (non-hydrogen) atoms. The van der Waals surface area contributed by atoms with Gasteiger partial charge in [-0.3, -0.25) is 14.9 Å². The highest BCUT2D eigenvalue weighted by molar-refractivity contribution is 5.89. The number of aromatic nitrogens is 6. The Bertz CT molecular complexity index is 964. The van der Waals surface area contributed by atoms with Crippen LogP contribution in [-0.2, 0) is 11.5 Å². The van der Waals surface area contributed by atoms with Crippen LogP contribution in [0.4, 0.5) is 5.69 Å². The fraction of sp³-hybridized carbons (Fsp3) is 0.214. The Kier molecular flexibility index (Phi) is 5.14. The summed E-state index contributed by atoms with van der Waals surface area (Å²) in [4.78, 5) is 25.6. The van der Waals surface area contributed by atoms with Gasteiger partial charge in [0.2, 0.25) is 5.82 Å². The Morgan fingerprint density at radius 1 is 1.33 bits per heavy atom. The number of hydrogen-bond acceptors (Lipinski definition) is 9. The number of rotatable bonds is 8. The lowest BCUT2D eigenvalue weighted by molar-refractivity contribution is -0.384. The first-order valence-corrected chi connectivity index (χ1v) is 7.60. The van der Waals surface area contributed by atoms with E-state index >= 15 is 0 Å². The summed E-state index contributed by atoms with van der Waals surface area (Å²) in [5, 5.41) is 31.4. The van der Waals surface area contributed by atoms with Crippen molar-refractivity contribution in [1.82, 2.24) is 29.8 Å². The van der Waals surface area contributed by atoms with E-state index in [-0.39, 0.29) is 43.0 Å². The highest BCUT2D eigenvalue weighted by Crippen LogP contribution is 2.18. The van der Waals surface area contributed by atoms with Gasteiger partial charge < -0.3 is 15.6 Å². The van der Waals surface area contributed by atoms with Gasteiger partial charge in [-0.2, -0.15) is 0 Å². The molecule has 3 aromatic rings. The molecule has 0 aliphatic rings. The SMILES string of the molecule is NC(=O)c1nc(-c2cn(-c3ccc([N+](=O)[O-])cc3)nn2)n(COCCO)n1. The number of benzene rings is 1. The van der Waals surface area contributed by atoms with Gasteiger partial charge in [-0.05, 0) is 12.1 Å². The third-order valence-electron chi connectivity index (χ3n) is 3.39. The van der Waals surface area contributed by atoms with Crippen molar-refractivity contribution in [1.29, 1.82) is 0 Å². The molecule has 2 aromatic heterocycles. The minimum Gasteiger partial charge on any atom is -0.394 e. The molecule has 0 aliphatic heterocycles. The van der Waals surface area contributed by atoms with Gasteiger partial charge >= 0.3 is 0 Å². The van der Waals surface area contributed by atoms with E-state index < -0.39 is 10.8 Å². The van der Waals surface area contributed by atoms with Gasteiger partial charge in [-0.1, -0.05) is 5.21 Å². The molecule has 0 aliphatic carbocycles. The summed E-state index contributed by atoms with van der Waals surface area (Å²) in [5.74, 6) is -0.850. The van der Waals surface area contributed by atoms with Gasteiger partial charge in [0.1, 0.15) is 6.73 Å². The van der Waals surface area contributed by atoms with Crippen LogP contribution in [0.3, 0.4) is 0 Å². The Morgan fingerprint density at radius 3 is 2.70 bits per heavy atom. The lowest BCUT2D eigenvalue weighted by atomic mass is 10.3. The number of non-ortho nitro benzene ring substituents is 1. The molecule has 140 valence electrons. The quantitative estimate of drug-likeness (QED) is 0.299. The van der Waals surface area contributed by atoms with Crippen molar-refractivity contribution in [2.24, 2.45) is 5.73 Å². The van der Waals surface area contributed by atoms with Crippen molar-refractivity contribution in [3.63, 3.8) is 0 Å². The molecule has 3 rings (SSSR count). The largest absolute Gasteiger partial charge is 0.394 e. The molecule has 0 spiro atoms. The maximum Gasteiger partial charge on any atom is 0.288 e. The monoisotopic (exact) mass is 374 g/mol. The molecule has 1 aromatic carbocycles. The van der Waals surface area contributed by atoms with Crippen molar-refractivity contribution in [2.45, 2.75) is 6.73 Å². The van der Waals surface area contributed by atoms with Gasteiger partial charge in [0.05, 0.1) is 30.0 Å². The number of carbonyl (C=O) groups excluding carboxylic acids is 1. The molecule has 13 heteroatoms. The number of nitro benzene ring substituents is 1. The number of hydrogen-bond donors (Lipinski definition) is 2. The minimum absolute atomic E-state index is 0.0500. The molecule has 3 N–H and O–H groups in total. The first-order chi connectivity index (χ1) is 13.0. The topological polar surface area (TPSA) is 177 Å². The summed E-state index contributed by atoms with van der Waals surface area (Å²) in [5.41, 5.74) is 5.98. The summed E-state index contributed by atoms with van der Waals surface area (Å²) < 4.78 is 7.84. The van der Waals surface area contributed by atoms with Gasteiger partial charge in [-0.15, -0.1) is 10.2 Å². The van der Waals surface area contributed by atoms with Crippen molar-refractivity contribution >= 4 is 11.6 Å². The molecular formula is C14H14N8O5. The van der Waals surface area contributed by atoms with Crippen LogP contribution in [0.5, 0.6) is 0 Å². The zero-order valence-electron chi connectivity index (χ0n) is 13.8. The van der Waals surface area contributed by atoms with Gasteiger partial charge in [0, 0.05) is 12.1 Å². The molecule has 0 fully saturated rings.